The van der Waals surface area contributed by atoms with Crippen LogP contribution in [0.1, 0.15) is 68.3 Å². The third-order valence-electron chi connectivity index (χ3n) is 7.27. The number of unbranched alkanes of at least 4 members (excludes halogenated alkanes) is 1. The van der Waals surface area contributed by atoms with Crippen LogP contribution < -0.4 is 10.6 Å². The highest BCUT2D eigenvalue weighted by Gasteiger charge is 2.24. The van der Waals surface area contributed by atoms with Crippen LogP contribution in [-0.4, -0.2) is 55.1 Å². The van der Waals surface area contributed by atoms with Crippen molar-refractivity contribution < 1.29 is 4.79 Å². The van der Waals surface area contributed by atoms with Crippen LogP contribution in [0.5, 0.6) is 0 Å². The summed E-state index contributed by atoms with van der Waals surface area (Å²) in [7, 11) is 0. The summed E-state index contributed by atoms with van der Waals surface area (Å²) >= 11 is 0. The lowest BCUT2D eigenvalue weighted by Crippen LogP contribution is -2.41. The van der Waals surface area contributed by atoms with Gasteiger partial charge in [-0.3, -0.25) is 4.79 Å². The van der Waals surface area contributed by atoms with Crippen molar-refractivity contribution in [2.45, 2.75) is 57.8 Å². The first-order valence-electron chi connectivity index (χ1n) is 12.9. The van der Waals surface area contributed by atoms with Gasteiger partial charge in [-0.2, -0.15) is 0 Å². The number of nitrogens with zero attached hydrogens (tertiary/aromatic N) is 2. The minimum atomic E-state index is 0.0721. The Labute approximate surface area is 193 Å². The van der Waals surface area contributed by atoms with E-state index in [-0.39, 0.29) is 5.91 Å². The first-order chi connectivity index (χ1) is 15.8. The van der Waals surface area contributed by atoms with Crippen LogP contribution in [0.25, 0.3) is 10.9 Å². The molecular formula is C27H40N4O. The number of carbonyl (C=O) groups is 1. The number of rotatable bonds is 10. The van der Waals surface area contributed by atoms with Gasteiger partial charge in [0.05, 0.1) is 5.52 Å². The fraction of sp³-hybridized carbons (Fsp3) is 0.630. The highest BCUT2D eigenvalue weighted by molar-refractivity contribution is 5.94. The van der Waals surface area contributed by atoms with E-state index < -0.39 is 0 Å². The van der Waals surface area contributed by atoms with E-state index in [1.54, 1.807) is 0 Å². The Morgan fingerprint density at radius 1 is 0.844 bits per heavy atom. The molecule has 5 heteroatoms. The Balaban J connectivity index is 1.06. The molecule has 2 aromatic rings. The molecule has 174 valence electrons. The van der Waals surface area contributed by atoms with Crippen LogP contribution in [0.3, 0.4) is 0 Å². The predicted molar refractivity (Wildman–Crippen MR) is 132 cm³/mol. The molecule has 1 saturated carbocycles. The first kappa shape index (κ1) is 23.2. The van der Waals surface area contributed by atoms with Crippen molar-refractivity contribution in [2.24, 2.45) is 11.8 Å². The normalized spacial score (nSPS) is 18.3. The van der Waals surface area contributed by atoms with E-state index >= 15 is 0 Å². The number of benzene rings is 1. The van der Waals surface area contributed by atoms with Gasteiger partial charge in [-0.25, -0.2) is 4.98 Å². The second-order valence-corrected chi connectivity index (χ2v) is 9.74. The molecule has 2 N–H and O–H groups in total. The Morgan fingerprint density at radius 2 is 1.50 bits per heavy atom. The standard InChI is InChI=1S/C27H40N4O/c32-27(26-13-12-24-10-4-5-11-25(24)30-26)31-18-14-23(15-19-31)21-29-17-7-6-16-28-20-22-8-2-1-3-9-22/h4-5,10-13,22-23,28-29H,1-3,6-9,14-21H2. The summed E-state index contributed by atoms with van der Waals surface area (Å²) in [6, 6.07) is 11.8. The molecule has 5 nitrogen and oxygen atoms in total. The molecule has 1 aromatic carbocycles. The summed E-state index contributed by atoms with van der Waals surface area (Å²) in [4.78, 5) is 19.4. The SMILES string of the molecule is O=C(c1ccc2ccccc2n1)N1CCC(CNCCCCNCC2CCCCC2)CC1. The van der Waals surface area contributed by atoms with Gasteiger partial charge in [0.15, 0.2) is 0 Å². The van der Waals surface area contributed by atoms with Crippen molar-refractivity contribution in [3.8, 4) is 0 Å². The number of pyridine rings is 1. The number of aromatic nitrogens is 1. The van der Waals surface area contributed by atoms with Crippen LogP contribution in [0.2, 0.25) is 0 Å². The number of hydrogen-bond donors (Lipinski definition) is 2. The van der Waals surface area contributed by atoms with Crippen molar-refractivity contribution in [2.75, 3.05) is 39.3 Å². The van der Waals surface area contributed by atoms with Crippen LogP contribution in [0, 0.1) is 11.8 Å². The number of nitrogens with one attached hydrogen (secondary N) is 2. The Morgan fingerprint density at radius 3 is 2.22 bits per heavy atom. The summed E-state index contributed by atoms with van der Waals surface area (Å²) in [6.45, 7) is 6.23. The van der Waals surface area contributed by atoms with Crippen LogP contribution in [-0.2, 0) is 0 Å². The quantitative estimate of drug-likeness (QED) is 0.533. The van der Waals surface area contributed by atoms with Gasteiger partial charge >= 0.3 is 0 Å². The molecule has 1 aliphatic carbocycles. The summed E-state index contributed by atoms with van der Waals surface area (Å²) in [5, 5.41) is 8.39. The van der Waals surface area contributed by atoms with Crippen LogP contribution in [0.4, 0.5) is 0 Å². The van der Waals surface area contributed by atoms with E-state index in [9.17, 15) is 4.79 Å². The molecule has 0 radical (unpaired) electrons. The zero-order valence-corrected chi connectivity index (χ0v) is 19.5. The molecule has 2 fully saturated rings. The van der Waals surface area contributed by atoms with Crippen LogP contribution in [0.15, 0.2) is 36.4 Å². The maximum Gasteiger partial charge on any atom is 0.272 e. The molecule has 0 spiro atoms. The van der Waals surface area contributed by atoms with E-state index in [4.69, 9.17) is 0 Å². The molecule has 0 bridgehead atoms. The lowest BCUT2D eigenvalue weighted by molar-refractivity contribution is 0.0684. The molecule has 1 aliphatic heterocycles. The highest BCUT2D eigenvalue weighted by Crippen LogP contribution is 2.23. The van der Waals surface area contributed by atoms with Gasteiger partial charge in [0.25, 0.3) is 5.91 Å². The molecule has 1 saturated heterocycles. The average molecular weight is 437 g/mol. The molecule has 0 unspecified atom stereocenters. The van der Waals surface area contributed by atoms with E-state index in [1.807, 2.05) is 41.3 Å². The number of carbonyl (C=O) groups excluding carboxylic acids is 1. The molecule has 0 atom stereocenters. The Hall–Kier alpha value is -1.98. The van der Waals surface area contributed by atoms with Gasteiger partial charge in [0.1, 0.15) is 5.69 Å². The predicted octanol–water partition coefficient (Wildman–Crippen LogP) is 4.63. The number of likely N-dealkylation sites (tertiary alicyclic amines) is 1. The van der Waals surface area contributed by atoms with Crippen molar-refractivity contribution in [3.63, 3.8) is 0 Å². The summed E-state index contributed by atoms with van der Waals surface area (Å²) in [6.07, 6.45) is 11.8. The molecule has 1 aromatic heterocycles. The minimum absolute atomic E-state index is 0.0721. The highest BCUT2D eigenvalue weighted by atomic mass is 16.2. The number of fused-ring (bicyclic) bond motifs is 1. The molecular weight excluding hydrogens is 396 g/mol. The van der Waals surface area contributed by atoms with E-state index in [0.717, 1.165) is 62.4 Å². The van der Waals surface area contributed by atoms with E-state index in [2.05, 4.69) is 15.6 Å². The summed E-state index contributed by atoms with van der Waals surface area (Å²) in [5.41, 5.74) is 1.46. The third kappa shape index (κ3) is 6.76. The zero-order chi connectivity index (χ0) is 22.0. The van der Waals surface area contributed by atoms with Gasteiger partial charge in [-0.05, 0) is 88.7 Å². The van der Waals surface area contributed by atoms with Gasteiger partial charge < -0.3 is 15.5 Å². The van der Waals surface area contributed by atoms with Gasteiger partial charge in [-0.1, -0.05) is 43.5 Å². The Bertz CT molecular complexity index is 840. The van der Waals surface area contributed by atoms with Gasteiger partial charge in [0.2, 0.25) is 0 Å². The maximum atomic E-state index is 12.9. The van der Waals surface area contributed by atoms with Crippen molar-refractivity contribution in [1.82, 2.24) is 20.5 Å². The molecule has 2 aliphatic rings. The Kier molecular flexibility index (Phi) is 8.92. The fourth-order valence-corrected chi connectivity index (χ4v) is 5.19. The second-order valence-electron chi connectivity index (χ2n) is 9.74. The van der Waals surface area contributed by atoms with Crippen molar-refractivity contribution >= 4 is 16.8 Å². The minimum Gasteiger partial charge on any atom is -0.337 e. The lowest BCUT2D eigenvalue weighted by Gasteiger charge is -2.32. The fourth-order valence-electron chi connectivity index (χ4n) is 5.19. The number of hydrogen-bond acceptors (Lipinski definition) is 4. The summed E-state index contributed by atoms with van der Waals surface area (Å²) < 4.78 is 0. The molecule has 1 amide bonds. The molecule has 4 rings (SSSR count). The van der Waals surface area contributed by atoms with Crippen molar-refractivity contribution in [1.29, 1.82) is 0 Å². The second kappa shape index (κ2) is 12.3. The third-order valence-corrected chi connectivity index (χ3v) is 7.27. The molecule has 32 heavy (non-hydrogen) atoms. The van der Waals surface area contributed by atoms with Crippen molar-refractivity contribution in [3.05, 3.63) is 42.1 Å². The number of para-hydroxylation sites is 1. The van der Waals surface area contributed by atoms with E-state index in [1.165, 1.54) is 51.5 Å². The van der Waals surface area contributed by atoms with E-state index in [0.29, 0.717) is 11.6 Å². The maximum absolute atomic E-state index is 12.9. The molecule has 2 heterocycles. The lowest BCUT2D eigenvalue weighted by atomic mass is 9.89. The average Bonchev–Trinajstić information content (AvgIpc) is 2.86. The first-order valence-corrected chi connectivity index (χ1v) is 12.9. The topological polar surface area (TPSA) is 57.3 Å². The van der Waals surface area contributed by atoms with Gasteiger partial charge in [0, 0.05) is 18.5 Å². The van der Waals surface area contributed by atoms with Gasteiger partial charge in [-0.15, -0.1) is 0 Å². The number of amides is 1. The summed E-state index contributed by atoms with van der Waals surface area (Å²) in [5.74, 6) is 1.67. The number of piperidine rings is 1. The zero-order valence-electron chi connectivity index (χ0n) is 19.5. The smallest absolute Gasteiger partial charge is 0.272 e. The monoisotopic (exact) mass is 436 g/mol. The largest absolute Gasteiger partial charge is 0.337 e. The van der Waals surface area contributed by atoms with Crippen LogP contribution >= 0.6 is 0 Å².